The standard InChI is InChI=1S/C13H15N3OS4/c1-18-12-14-15-13(21-12)20-8-11(17)16-6-2-4-9(16)10-5-3-7-19-10/h3,5,7,9H,2,4,6,8H2,1H3. The number of carbonyl (C=O) groups is 1. The van der Waals surface area contributed by atoms with E-state index in [-0.39, 0.29) is 11.9 Å². The summed E-state index contributed by atoms with van der Waals surface area (Å²) in [4.78, 5) is 15.8. The first-order valence-corrected chi connectivity index (χ1v) is 10.5. The van der Waals surface area contributed by atoms with Crippen LogP contribution in [0.25, 0.3) is 0 Å². The highest BCUT2D eigenvalue weighted by atomic mass is 32.2. The van der Waals surface area contributed by atoms with Gasteiger partial charge in [-0.1, -0.05) is 40.9 Å². The molecule has 1 aliphatic heterocycles. The molecule has 3 rings (SSSR count). The summed E-state index contributed by atoms with van der Waals surface area (Å²) < 4.78 is 1.82. The number of carbonyl (C=O) groups excluding carboxylic acids is 1. The highest BCUT2D eigenvalue weighted by molar-refractivity contribution is 8.03. The van der Waals surface area contributed by atoms with Crippen molar-refractivity contribution in [3.8, 4) is 0 Å². The molecule has 0 N–H and O–H groups in total. The Balaban J connectivity index is 1.59. The van der Waals surface area contributed by atoms with Gasteiger partial charge in [-0.05, 0) is 30.5 Å². The molecular formula is C13H15N3OS4. The molecule has 0 aromatic carbocycles. The summed E-state index contributed by atoms with van der Waals surface area (Å²) in [5, 5.41) is 10.2. The third-order valence-electron chi connectivity index (χ3n) is 3.33. The van der Waals surface area contributed by atoms with Crippen LogP contribution in [0.2, 0.25) is 0 Å². The highest BCUT2D eigenvalue weighted by Gasteiger charge is 2.30. The molecule has 0 spiro atoms. The van der Waals surface area contributed by atoms with E-state index in [1.165, 1.54) is 16.6 Å². The van der Waals surface area contributed by atoms with E-state index in [4.69, 9.17) is 0 Å². The third-order valence-corrected chi connectivity index (χ3v) is 7.32. The van der Waals surface area contributed by atoms with Crippen molar-refractivity contribution in [3.05, 3.63) is 22.4 Å². The zero-order chi connectivity index (χ0) is 14.7. The van der Waals surface area contributed by atoms with Gasteiger partial charge in [0.2, 0.25) is 5.91 Å². The van der Waals surface area contributed by atoms with Gasteiger partial charge in [-0.15, -0.1) is 21.5 Å². The third kappa shape index (κ3) is 3.61. The Labute approximate surface area is 140 Å². The molecule has 1 fully saturated rings. The van der Waals surface area contributed by atoms with E-state index in [1.807, 2.05) is 11.2 Å². The Morgan fingerprint density at radius 1 is 1.48 bits per heavy atom. The molecule has 1 unspecified atom stereocenters. The second kappa shape index (κ2) is 7.13. The van der Waals surface area contributed by atoms with E-state index in [1.54, 1.807) is 34.4 Å². The van der Waals surface area contributed by atoms with Gasteiger partial charge >= 0.3 is 0 Å². The summed E-state index contributed by atoms with van der Waals surface area (Å²) in [6.07, 6.45) is 4.15. The molecule has 1 aliphatic rings. The molecule has 0 saturated carbocycles. The quantitative estimate of drug-likeness (QED) is 0.762. The number of hydrogen-bond donors (Lipinski definition) is 0. The van der Waals surface area contributed by atoms with Crippen LogP contribution in [-0.2, 0) is 4.79 Å². The minimum absolute atomic E-state index is 0.205. The monoisotopic (exact) mass is 357 g/mol. The zero-order valence-electron chi connectivity index (χ0n) is 11.5. The molecule has 21 heavy (non-hydrogen) atoms. The Hall–Kier alpha value is -0.570. The maximum atomic E-state index is 12.5. The lowest BCUT2D eigenvalue weighted by Gasteiger charge is -2.23. The van der Waals surface area contributed by atoms with Crippen molar-refractivity contribution in [3.63, 3.8) is 0 Å². The van der Waals surface area contributed by atoms with Gasteiger partial charge in [0.05, 0.1) is 11.8 Å². The summed E-state index contributed by atoms with van der Waals surface area (Å²) in [6.45, 7) is 0.869. The van der Waals surface area contributed by atoms with Crippen LogP contribution in [0.3, 0.4) is 0 Å². The van der Waals surface area contributed by atoms with Gasteiger partial charge < -0.3 is 4.90 Å². The van der Waals surface area contributed by atoms with Crippen LogP contribution >= 0.6 is 46.2 Å². The van der Waals surface area contributed by atoms with Crippen molar-refractivity contribution >= 4 is 52.1 Å². The summed E-state index contributed by atoms with van der Waals surface area (Å²) in [5.41, 5.74) is 0. The van der Waals surface area contributed by atoms with Gasteiger partial charge in [0.15, 0.2) is 8.68 Å². The molecule has 1 atom stereocenters. The molecule has 8 heteroatoms. The summed E-state index contributed by atoms with van der Waals surface area (Å²) >= 11 is 6.37. The second-order valence-electron chi connectivity index (χ2n) is 4.59. The molecule has 3 heterocycles. The second-order valence-corrected chi connectivity index (χ2v) is 8.82. The number of rotatable bonds is 5. The van der Waals surface area contributed by atoms with Gasteiger partial charge in [-0.2, -0.15) is 0 Å². The fraction of sp³-hybridized carbons (Fsp3) is 0.462. The Kier molecular flexibility index (Phi) is 5.20. The normalized spacial score (nSPS) is 18.3. The van der Waals surface area contributed by atoms with Gasteiger partial charge in [0.1, 0.15) is 0 Å². The van der Waals surface area contributed by atoms with E-state index in [2.05, 4.69) is 27.7 Å². The molecule has 0 radical (unpaired) electrons. The Bertz CT molecular complexity index is 598. The van der Waals surface area contributed by atoms with Crippen molar-refractivity contribution < 1.29 is 4.79 Å². The minimum atomic E-state index is 0.205. The molecule has 1 amide bonds. The SMILES string of the molecule is CSc1nnc(SCC(=O)N2CCCC2c2cccs2)s1. The molecule has 4 nitrogen and oxygen atoms in total. The van der Waals surface area contributed by atoms with Crippen molar-refractivity contribution in [2.24, 2.45) is 0 Å². The van der Waals surface area contributed by atoms with Crippen molar-refractivity contribution in [2.45, 2.75) is 27.6 Å². The van der Waals surface area contributed by atoms with E-state index >= 15 is 0 Å². The smallest absolute Gasteiger partial charge is 0.233 e. The minimum Gasteiger partial charge on any atom is -0.334 e. The molecule has 0 aliphatic carbocycles. The van der Waals surface area contributed by atoms with Crippen molar-refractivity contribution in [2.75, 3.05) is 18.6 Å². The molecular weight excluding hydrogens is 342 g/mol. The van der Waals surface area contributed by atoms with Crippen LogP contribution in [-0.4, -0.2) is 39.6 Å². The number of nitrogens with zero attached hydrogens (tertiary/aromatic N) is 3. The van der Waals surface area contributed by atoms with Gasteiger partial charge in [0.25, 0.3) is 0 Å². The van der Waals surface area contributed by atoms with Crippen molar-refractivity contribution in [1.82, 2.24) is 15.1 Å². The fourth-order valence-electron chi connectivity index (χ4n) is 2.39. The number of thiophene rings is 1. The van der Waals surface area contributed by atoms with Crippen molar-refractivity contribution in [1.29, 1.82) is 0 Å². The molecule has 2 aromatic rings. The van der Waals surface area contributed by atoms with Gasteiger partial charge in [-0.25, -0.2) is 0 Å². The lowest BCUT2D eigenvalue weighted by molar-refractivity contribution is -0.129. The highest BCUT2D eigenvalue weighted by Crippen LogP contribution is 2.35. The van der Waals surface area contributed by atoms with Crippen LogP contribution in [0.4, 0.5) is 0 Å². The van der Waals surface area contributed by atoms with Crippen LogP contribution in [0, 0.1) is 0 Å². The molecule has 112 valence electrons. The average Bonchev–Trinajstić information content (AvgIpc) is 3.24. The fourth-order valence-corrected chi connectivity index (χ4v) is 5.58. The lowest BCUT2D eigenvalue weighted by Crippen LogP contribution is -2.31. The maximum absolute atomic E-state index is 12.5. The van der Waals surface area contributed by atoms with Crippen LogP contribution in [0.1, 0.15) is 23.8 Å². The first-order valence-electron chi connectivity index (χ1n) is 6.61. The molecule has 1 saturated heterocycles. The number of amides is 1. The average molecular weight is 358 g/mol. The largest absolute Gasteiger partial charge is 0.334 e. The van der Waals surface area contributed by atoms with Gasteiger partial charge in [-0.3, -0.25) is 4.79 Å². The molecule has 0 bridgehead atoms. The summed E-state index contributed by atoms with van der Waals surface area (Å²) in [5.74, 6) is 0.655. The van der Waals surface area contributed by atoms with E-state index in [0.717, 1.165) is 28.1 Å². The summed E-state index contributed by atoms with van der Waals surface area (Å²) in [7, 11) is 0. The van der Waals surface area contributed by atoms with E-state index in [0.29, 0.717) is 5.75 Å². The summed E-state index contributed by atoms with van der Waals surface area (Å²) in [6, 6.07) is 4.46. The predicted molar refractivity (Wildman–Crippen MR) is 90.4 cm³/mol. The topological polar surface area (TPSA) is 46.1 Å². The van der Waals surface area contributed by atoms with Crippen LogP contribution in [0.15, 0.2) is 26.2 Å². The maximum Gasteiger partial charge on any atom is 0.233 e. The lowest BCUT2D eigenvalue weighted by atomic mass is 10.2. The Morgan fingerprint density at radius 3 is 3.05 bits per heavy atom. The predicted octanol–water partition coefficient (Wildman–Crippen LogP) is 3.78. The Morgan fingerprint density at radius 2 is 2.33 bits per heavy atom. The number of likely N-dealkylation sites (tertiary alicyclic amines) is 1. The van der Waals surface area contributed by atoms with E-state index in [9.17, 15) is 4.79 Å². The number of aromatic nitrogens is 2. The van der Waals surface area contributed by atoms with Crippen LogP contribution in [0.5, 0.6) is 0 Å². The number of hydrogen-bond acceptors (Lipinski definition) is 7. The van der Waals surface area contributed by atoms with E-state index < -0.39 is 0 Å². The number of thioether (sulfide) groups is 2. The van der Waals surface area contributed by atoms with Gasteiger partial charge in [0, 0.05) is 11.4 Å². The zero-order valence-corrected chi connectivity index (χ0v) is 14.8. The molecule has 2 aromatic heterocycles. The van der Waals surface area contributed by atoms with Crippen LogP contribution < -0.4 is 0 Å². The first-order chi connectivity index (χ1) is 10.3. The first kappa shape index (κ1) is 15.3.